The van der Waals surface area contributed by atoms with Gasteiger partial charge < -0.3 is 4.90 Å². The number of amides is 1. The summed E-state index contributed by atoms with van der Waals surface area (Å²) in [6, 6.07) is 12.9. The molecule has 0 saturated heterocycles. The molecule has 33 heavy (non-hydrogen) atoms. The van der Waals surface area contributed by atoms with Crippen molar-refractivity contribution in [2.75, 3.05) is 19.3 Å². The average molecular weight is 477 g/mol. The minimum Gasteiger partial charge on any atom is -0.334 e. The summed E-state index contributed by atoms with van der Waals surface area (Å²) in [6.07, 6.45) is 8.26. The SMILES string of the molecule is CC1CN(C(=O)c2cccs2)CC=C1C1=CCc2ncc(-c3ccc(S(C)(=O)=O)cc3)cc21. The number of carbonyl (C=O) groups excluding carboxylic acids is 1. The number of hydrogen-bond acceptors (Lipinski definition) is 5. The number of aromatic nitrogens is 1. The lowest BCUT2D eigenvalue weighted by atomic mass is 9.87. The van der Waals surface area contributed by atoms with Crippen LogP contribution in [0.15, 0.2) is 76.7 Å². The average Bonchev–Trinajstić information content (AvgIpc) is 3.48. The molecular weight excluding hydrogens is 452 g/mol. The predicted octanol–water partition coefficient (Wildman–Crippen LogP) is 4.87. The molecule has 1 aromatic carbocycles. The monoisotopic (exact) mass is 476 g/mol. The van der Waals surface area contributed by atoms with Gasteiger partial charge in [-0.2, -0.15) is 0 Å². The Bertz CT molecular complexity index is 1390. The Morgan fingerprint density at radius 1 is 1.12 bits per heavy atom. The maximum Gasteiger partial charge on any atom is 0.264 e. The van der Waals surface area contributed by atoms with E-state index in [1.165, 1.54) is 28.7 Å². The number of hydrogen-bond donors (Lipinski definition) is 0. The van der Waals surface area contributed by atoms with Crippen molar-refractivity contribution in [3.63, 3.8) is 0 Å². The van der Waals surface area contributed by atoms with E-state index in [-0.39, 0.29) is 11.8 Å². The van der Waals surface area contributed by atoms with Gasteiger partial charge in [0.2, 0.25) is 0 Å². The quantitative estimate of drug-likeness (QED) is 0.539. The maximum absolute atomic E-state index is 12.8. The Hall–Kier alpha value is -3.03. The number of rotatable bonds is 4. The highest BCUT2D eigenvalue weighted by molar-refractivity contribution is 7.90. The van der Waals surface area contributed by atoms with E-state index in [4.69, 9.17) is 4.98 Å². The van der Waals surface area contributed by atoms with Crippen molar-refractivity contribution >= 4 is 32.7 Å². The first-order valence-electron chi connectivity index (χ1n) is 10.8. The van der Waals surface area contributed by atoms with Gasteiger partial charge in [0.05, 0.1) is 15.5 Å². The second kappa shape index (κ2) is 8.39. The summed E-state index contributed by atoms with van der Waals surface area (Å²) in [5, 5.41) is 1.93. The number of pyridine rings is 1. The molecule has 5 rings (SSSR count). The molecular formula is C26H24N2O3S2. The topological polar surface area (TPSA) is 67.3 Å². The second-order valence-electron chi connectivity index (χ2n) is 8.58. The van der Waals surface area contributed by atoms with Crippen molar-refractivity contribution in [3.05, 3.63) is 87.9 Å². The van der Waals surface area contributed by atoms with E-state index >= 15 is 0 Å². The van der Waals surface area contributed by atoms with Gasteiger partial charge in [-0.15, -0.1) is 11.3 Å². The zero-order chi connectivity index (χ0) is 23.2. The molecule has 1 aliphatic carbocycles. The van der Waals surface area contributed by atoms with Gasteiger partial charge in [0, 0.05) is 43.1 Å². The van der Waals surface area contributed by atoms with Crippen molar-refractivity contribution in [1.29, 1.82) is 0 Å². The first-order chi connectivity index (χ1) is 15.8. The molecule has 0 radical (unpaired) electrons. The largest absolute Gasteiger partial charge is 0.334 e. The maximum atomic E-state index is 12.8. The molecule has 1 unspecified atom stereocenters. The van der Waals surface area contributed by atoms with Gasteiger partial charge in [0.1, 0.15) is 0 Å². The molecule has 3 aromatic rings. The van der Waals surface area contributed by atoms with Crippen molar-refractivity contribution < 1.29 is 13.2 Å². The van der Waals surface area contributed by atoms with Gasteiger partial charge in [0.25, 0.3) is 5.91 Å². The molecule has 7 heteroatoms. The lowest BCUT2D eigenvalue weighted by molar-refractivity contribution is 0.0756. The van der Waals surface area contributed by atoms with Crippen molar-refractivity contribution in [2.24, 2.45) is 5.92 Å². The number of carbonyl (C=O) groups is 1. The van der Waals surface area contributed by atoms with Crippen LogP contribution < -0.4 is 0 Å². The molecule has 0 fully saturated rings. The molecule has 0 bridgehead atoms. The predicted molar refractivity (Wildman–Crippen MR) is 132 cm³/mol. The fourth-order valence-electron chi connectivity index (χ4n) is 4.53. The van der Waals surface area contributed by atoms with Gasteiger partial charge >= 0.3 is 0 Å². The molecule has 2 aromatic heterocycles. The Kier molecular flexibility index (Phi) is 5.54. The van der Waals surface area contributed by atoms with Gasteiger partial charge in [-0.05, 0) is 52.3 Å². The normalized spacial score (nSPS) is 18.0. The molecule has 3 heterocycles. The van der Waals surface area contributed by atoms with E-state index in [0.29, 0.717) is 18.0 Å². The van der Waals surface area contributed by atoms with Crippen LogP contribution in [0, 0.1) is 5.92 Å². The number of nitrogens with zero attached hydrogens (tertiary/aromatic N) is 2. The van der Waals surface area contributed by atoms with Crippen LogP contribution in [0.5, 0.6) is 0 Å². The summed E-state index contributed by atoms with van der Waals surface area (Å²) < 4.78 is 23.5. The van der Waals surface area contributed by atoms with Crippen LogP contribution >= 0.6 is 11.3 Å². The summed E-state index contributed by atoms with van der Waals surface area (Å²) >= 11 is 1.48. The molecule has 168 valence electrons. The molecule has 1 atom stereocenters. The van der Waals surface area contributed by atoms with Crippen LogP contribution in [0.1, 0.15) is 27.9 Å². The van der Waals surface area contributed by atoms with Gasteiger partial charge in [-0.3, -0.25) is 9.78 Å². The number of thiophene rings is 1. The third-order valence-corrected chi connectivity index (χ3v) is 8.25. The zero-order valence-corrected chi connectivity index (χ0v) is 20.1. The van der Waals surface area contributed by atoms with Crippen LogP contribution in [0.4, 0.5) is 0 Å². The van der Waals surface area contributed by atoms with Gasteiger partial charge in [-0.1, -0.05) is 37.3 Å². The molecule has 0 N–H and O–H groups in total. The van der Waals surface area contributed by atoms with Crippen molar-refractivity contribution in [1.82, 2.24) is 9.88 Å². The van der Waals surface area contributed by atoms with E-state index in [1.807, 2.05) is 40.7 Å². The Labute approximate surface area is 198 Å². The van der Waals surface area contributed by atoms with Gasteiger partial charge in [-0.25, -0.2) is 8.42 Å². The van der Waals surface area contributed by atoms with Crippen LogP contribution in [0.3, 0.4) is 0 Å². The molecule has 0 saturated carbocycles. The van der Waals surface area contributed by atoms with Crippen molar-refractivity contribution in [3.8, 4) is 11.1 Å². The smallest absolute Gasteiger partial charge is 0.264 e. The summed E-state index contributed by atoms with van der Waals surface area (Å²) in [4.78, 5) is 20.5. The fourth-order valence-corrected chi connectivity index (χ4v) is 5.86. The standard InChI is InChI=1S/C26H24N2O3S2/c1-17-16-28(26(29)25-4-3-13-32-25)12-11-21(17)22-9-10-24-23(22)14-19(15-27-24)18-5-7-20(8-6-18)33(2,30)31/h3-9,11,13-15,17H,10,12,16H2,1-2H3. The summed E-state index contributed by atoms with van der Waals surface area (Å²) in [6.45, 7) is 3.46. The Balaban J connectivity index is 1.41. The van der Waals surface area contributed by atoms with Crippen LogP contribution in [0.2, 0.25) is 0 Å². The Morgan fingerprint density at radius 2 is 1.91 bits per heavy atom. The highest BCUT2D eigenvalue weighted by atomic mass is 32.2. The lowest BCUT2D eigenvalue weighted by Gasteiger charge is -2.31. The number of allylic oxidation sites excluding steroid dienone is 2. The van der Waals surface area contributed by atoms with Crippen LogP contribution in [0.25, 0.3) is 16.7 Å². The first-order valence-corrected chi connectivity index (χ1v) is 13.6. The number of fused-ring (bicyclic) bond motifs is 1. The zero-order valence-electron chi connectivity index (χ0n) is 18.5. The molecule has 1 amide bonds. The van der Waals surface area contributed by atoms with E-state index in [9.17, 15) is 13.2 Å². The van der Waals surface area contributed by atoms with E-state index < -0.39 is 9.84 Å². The third-order valence-electron chi connectivity index (χ3n) is 6.26. The van der Waals surface area contributed by atoms with E-state index in [0.717, 1.165) is 33.7 Å². The number of benzene rings is 1. The summed E-state index contributed by atoms with van der Waals surface area (Å²) in [7, 11) is -3.23. The van der Waals surface area contributed by atoms with E-state index in [1.54, 1.807) is 12.1 Å². The van der Waals surface area contributed by atoms with E-state index in [2.05, 4.69) is 25.1 Å². The van der Waals surface area contributed by atoms with Crippen LogP contribution in [-0.4, -0.2) is 43.6 Å². The second-order valence-corrected chi connectivity index (χ2v) is 11.5. The third kappa shape index (κ3) is 4.18. The summed E-state index contributed by atoms with van der Waals surface area (Å²) in [5.41, 5.74) is 6.52. The molecule has 2 aliphatic rings. The highest BCUT2D eigenvalue weighted by Gasteiger charge is 2.28. The van der Waals surface area contributed by atoms with Crippen molar-refractivity contribution in [2.45, 2.75) is 18.2 Å². The fraction of sp³-hybridized carbons (Fsp3) is 0.231. The molecule has 1 aliphatic heterocycles. The highest BCUT2D eigenvalue weighted by Crippen LogP contribution is 2.39. The number of sulfone groups is 1. The first kappa shape index (κ1) is 21.8. The summed E-state index contributed by atoms with van der Waals surface area (Å²) in [5.74, 6) is 0.312. The minimum atomic E-state index is -3.23. The molecule has 0 spiro atoms. The minimum absolute atomic E-state index is 0.0921. The lowest BCUT2D eigenvalue weighted by Crippen LogP contribution is -2.38. The molecule has 5 nitrogen and oxygen atoms in total. The van der Waals surface area contributed by atoms with Gasteiger partial charge in [0.15, 0.2) is 9.84 Å². The Morgan fingerprint density at radius 3 is 2.58 bits per heavy atom. The van der Waals surface area contributed by atoms with Crippen LogP contribution in [-0.2, 0) is 16.3 Å².